The molecule has 2 aromatic carbocycles. The first-order chi connectivity index (χ1) is 15.3. The molecule has 0 bridgehead atoms. The Morgan fingerprint density at radius 3 is 2.47 bits per heavy atom. The Kier molecular flexibility index (Phi) is 6.86. The van der Waals surface area contributed by atoms with Crippen LogP contribution in [0.5, 0.6) is 0 Å². The van der Waals surface area contributed by atoms with Crippen molar-refractivity contribution in [2.45, 2.75) is 61.9 Å². The van der Waals surface area contributed by atoms with Crippen LogP contribution in [0, 0.1) is 5.82 Å². The number of piperidine rings is 1. The van der Waals surface area contributed by atoms with Gasteiger partial charge in [-0.15, -0.1) is 11.8 Å². The molecule has 4 rings (SSSR count). The van der Waals surface area contributed by atoms with Crippen LogP contribution in [-0.4, -0.2) is 28.3 Å². The number of thioether (sulfide) groups is 1. The Morgan fingerprint density at radius 2 is 1.81 bits per heavy atom. The zero-order chi connectivity index (χ0) is 22.9. The molecule has 1 saturated heterocycles. The van der Waals surface area contributed by atoms with Crippen molar-refractivity contribution in [1.82, 2.24) is 9.88 Å². The molecule has 1 N–H and O–H groups in total. The van der Waals surface area contributed by atoms with Crippen LogP contribution in [0.1, 0.15) is 55.8 Å². The van der Waals surface area contributed by atoms with E-state index in [1.807, 2.05) is 13.0 Å². The minimum Gasteiger partial charge on any atom is -0.358 e. The summed E-state index contributed by atoms with van der Waals surface area (Å²) in [6.45, 7) is 5.80. The number of aromatic amines is 1. The molecule has 1 aliphatic heterocycles. The van der Waals surface area contributed by atoms with E-state index in [-0.39, 0.29) is 11.2 Å². The van der Waals surface area contributed by atoms with Crippen LogP contribution in [-0.2, 0) is 12.6 Å². The van der Waals surface area contributed by atoms with Crippen molar-refractivity contribution >= 4 is 22.7 Å². The van der Waals surface area contributed by atoms with Gasteiger partial charge in [-0.2, -0.15) is 13.2 Å². The number of benzene rings is 2. The normalized spacial score (nSPS) is 17.2. The second-order valence-electron chi connectivity index (χ2n) is 8.35. The zero-order valence-electron chi connectivity index (χ0n) is 18.3. The number of H-pyrrole nitrogens is 1. The number of nitrogens with one attached hydrogen (secondary N) is 1. The maximum Gasteiger partial charge on any atom is 0.417 e. The van der Waals surface area contributed by atoms with Gasteiger partial charge in [-0.1, -0.05) is 26.0 Å². The SMILES string of the molecule is CCc1[nH]c2cc(F)ccc2c1C1CCN(C(CC)Sc2ccccc2C(F)(F)F)CC1. The lowest BCUT2D eigenvalue weighted by molar-refractivity contribution is -0.139. The number of hydrogen-bond donors (Lipinski definition) is 1. The van der Waals surface area contributed by atoms with Crippen LogP contribution in [0.2, 0.25) is 0 Å². The van der Waals surface area contributed by atoms with E-state index in [0.717, 1.165) is 61.4 Å². The number of aromatic nitrogens is 1. The molecular formula is C25H28F4N2S. The van der Waals surface area contributed by atoms with Crippen LogP contribution in [0.15, 0.2) is 47.4 Å². The lowest BCUT2D eigenvalue weighted by atomic mass is 9.87. The van der Waals surface area contributed by atoms with Gasteiger partial charge in [-0.3, -0.25) is 4.90 Å². The molecule has 1 atom stereocenters. The number of hydrogen-bond acceptors (Lipinski definition) is 2. The van der Waals surface area contributed by atoms with E-state index in [1.165, 1.54) is 29.5 Å². The van der Waals surface area contributed by atoms with E-state index in [0.29, 0.717) is 10.8 Å². The number of alkyl halides is 3. The number of nitrogens with zero attached hydrogens (tertiary/aromatic N) is 1. The summed E-state index contributed by atoms with van der Waals surface area (Å²) in [7, 11) is 0. The van der Waals surface area contributed by atoms with Gasteiger partial charge in [0.2, 0.25) is 0 Å². The number of fused-ring (bicyclic) bond motifs is 1. The van der Waals surface area contributed by atoms with Gasteiger partial charge in [0.25, 0.3) is 0 Å². The smallest absolute Gasteiger partial charge is 0.358 e. The lowest BCUT2D eigenvalue weighted by Crippen LogP contribution is -2.39. The maximum atomic E-state index is 13.7. The molecule has 1 fully saturated rings. The van der Waals surface area contributed by atoms with E-state index in [4.69, 9.17) is 0 Å². The van der Waals surface area contributed by atoms with Gasteiger partial charge < -0.3 is 4.98 Å². The van der Waals surface area contributed by atoms with Gasteiger partial charge in [0.05, 0.1) is 10.9 Å². The maximum absolute atomic E-state index is 13.7. The molecular weight excluding hydrogens is 436 g/mol. The van der Waals surface area contributed by atoms with Crippen molar-refractivity contribution in [2.24, 2.45) is 0 Å². The van der Waals surface area contributed by atoms with Crippen molar-refractivity contribution < 1.29 is 17.6 Å². The average molecular weight is 465 g/mol. The molecule has 2 heterocycles. The number of rotatable bonds is 6. The van der Waals surface area contributed by atoms with Crippen LogP contribution in [0.4, 0.5) is 17.6 Å². The molecule has 0 saturated carbocycles. The molecule has 0 aliphatic carbocycles. The first-order valence-electron chi connectivity index (χ1n) is 11.2. The predicted molar refractivity (Wildman–Crippen MR) is 123 cm³/mol. The van der Waals surface area contributed by atoms with Crippen LogP contribution in [0.3, 0.4) is 0 Å². The molecule has 172 valence electrons. The summed E-state index contributed by atoms with van der Waals surface area (Å²) in [5.74, 6) is 0.120. The molecule has 1 aromatic heterocycles. The number of aryl methyl sites for hydroxylation is 1. The number of likely N-dealkylation sites (tertiary alicyclic amines) is 1. The fourth-order valence-electron chi connectivity index (χ4n) is 4.83. The first-order valence-corrected chi connectivity index (χ1v) is 12.1. The topological polar surface area (TPSA) is 19.0 Å². The quantitative estimate of drug-likeness (QED) is 0.299. The van der Waals surface area contributed by atoms with E-state index >= 15 is 0 Å². The van der Waals surface area contributed by atoms with Crippen LogP contribution >= 0.6 is 11.8 Å². The highest BCUT2D eigenvalue weighted by Crippen LogP contribution is 2.42. The third-order valence-electron chi connectivity index (χ3n) is 6.39. The summed E-state index contributed by atoms with van der Waals surface area (Å²) in [5, 5.41) is 1.09. The largest absolute Gasteiger partial charge is 0.417 e. The Balaban J connectivity index is 1.50. The molecule has 7 heteroatoms. The Labute approximate surface area is 190 Å². The van der Waals surface area contributed by atoms with Crippen LogP contribution < -0.4 is 0 Å². The summed E-state index contributed by atoms with van der Waals surface area (Å²) < 4.78 is 54.0. The Morgan fingerprint density at radius 1 is 1.09 bits per heavy atom. The van der Waals surface area contributed by atoms with Crippen molar-refractivity contribution in [3.05, 3.63) is 65.1 Å². The van der Waals surface area contributed by atoms with Crippen molar-refractivity contribution in [3.63, 3.8) is 0 Å². The minimum absolute atomic E-state index is 0.00200. The fourth-order valence-corrected chi connectivity index (χ4v) is 6.12. The van der Waals surface area contributed by atoms with Gasteiger partial charge >= 0.3 is 6.18 Å². The minimum atomic E-state index is -4.35. The summed E-state index contributed by atoms with van der Waals surface area (Å²) >= 11 is 1.32. The highest BCUT2D eigenvalue weighted by molar-refractivity contribution is 8.00. The average Bonchev–Trinajstić information content (AvgIpc) is 3.15. The Bertz CT molecular complexity index is 1070. The van der Waals surface area contributed by atoms with E-state index in [1.54, 1.807) is 18.2 Å². The lowest BCUT2D eigenvalue weighted by Gasteiger charge is -2.37. The van der Waals surface area contributed by atoms with E-state index < -0.39 is 11.7 Å². The molecule has 1 aliphatic rings. The van der Waals surface area contributed by atoms with Gasteiger partial charge in [-0.25, -0.2) is 4.39 Å². The summed E-state index contributed by atoms with van der Waals surface area (Å²) in [6.07, 6.45) is -0.841. The fraction of sp³-hybridized carbons (Fsp3) is 0.440. The first kappa shape index (κ1) is 23.2. The summed E-state index contributed by atoms with van der Waals surface area (Å²) in [4.78, 5) is 5.99. The summed E-state index contributed by atoms with van der Waals surface area (Å²) in [5.41, 5.74) is 2.72. The van der Waals surface area contributed by atoms with Crippen molar-refractivity contribution in [3.8, 4) is 0 Å². The van der Waals surface area contributed by atoms with E-state index in [9.17, 15) is 17.6 Å². The third kappa shape index (κ3) is 4.69. The van der Waals surface area contributed by atoms with Crippen LogP contribution in [0.25, 0.3) is 10.9 Å². The molecule has 32 heavy (non-hydrogen) atoms. The second kappa shape index (κ2) is 9.48. The Hall–Kier alpha value is -1.99. The van der Waals surface area contributed by atoms with Gasteiger partial charge in [0.15, 0.2) is 0 Å². The monoisotopic (exact) mass is 464 g/mol. The van der Waals surface area contributed by atoms with Gasteiger partial charge in [-0.05, 0) is 80.6 Å². The zero-order valence-corrected chi connectivity index (χ0v) is 19.1. The standard InChI is InChI=1S/C25H28F4N2S/c1-3-20-24(18-10-9-17(26)15-21(18)30-20)16-11-13-31(14-12-16)23(4-2)32-22-8-6-5-7-19(22)25(27,28)29/h5-10,15-16,23,30H,3-4,11-14H2,1-2H3. The van der Waals surface area contributed by atoms with Gasteiger partial charge in [0, 0.05) is 21.5 Å². The summed E-state index contributed by atoms with van der Waals surface area (Å²) in [6, 6.07) is 10.8. The highest BCUT2D eigenvalue weighted by Gasteiger charge is 2.35. The molecule has 1 unspecified atom stereocenters. The number of halogens is 4. The molecule has 0 amide bonds. The second-order valence-corrected chi connectivity index (χ2v) is 9.57. The molecule has 0 radical (unpaired) electrons. The van der Waals surface area contributed by atoms with E-state index in [2.05, 4.69) is 16.8 Å². The molecule has 3 aromatic rings. The van der Waals surface area contributed by atoms with Gasteiger partial charge in [0.1, 0.15) is 5.82 Å². The van der Waals surface area contributed by atoms with Crippen molar-refractivity contribution in [1.29, 1.82) is 0 Å². The molecule has 2 nitrogen and oxygen atoms in total. The van der Waals surface area contributed by atoms with Crippen molar-refractivity contribution in [2.75, 3.05) is 13.1 Å². The molecule has 0 spiro atoms. The predicted octanol–water partition coefficient (Wildman–Crippen LogP) is 7.60. The third-order valence-corrected chi connectivity index (χ3v) is 7.90. The highest BCUT2D eigenvalue weighted by atomic mass is 32.2.